The largest absolute Gasteiger partial charge is 0.350 e. The minimum Gasteiger partial charge on any atom is -0.350 e. The number of hydrogen-bond donors (Lipinski definition) is 3. The van der Waals surface area contributed by atoms with Crippen LogP contribution in [0, 0.1) is 0 Å². The van der Waals surface area contributed by atoms with Gasteiger partial charge in [-0.05, 0) is 56.9 Å². The van der Waals surface area contributed by atoms with Gasteiger partial charge in [-0.15, -0.1) is 0 Å². The van der Waals surface area contributed by atoms with E-state index in [1.165, 1.54) is 11.8 Å². The normalized spacial score (nSPS) is 14.8. The average Bonchev–Trinajstić information content (AvgIpc) is 3.28. The lowest BCUT2D eigenvalue weighted by atomic mass is 9.92. The number of likely N-dealkylation sites (N-methyl/N-ethyl adjacent to an activating group) is 1. The molecule has 3 N–H and O–H groups in total. The summed E-state index contributed by atoms with van der Waals surface area (Å²) in [5.41, 5.74) is 1.60. The maximum Gasteiger partial charge on any atom is 0.251 e. The highest BCUT2D eigenvalue weighted by atomic mass is 32.2. The minimum absolute atomic E-state index is 0.0454. The van der Waals surface area contributed by atoms with E-state index in [1.54, 1.807) is 0 Å². The van der Waals surface area contributed by atoms with Crippen LogP contribution in [0.2, 0.25) is 0 Å². The fraction of sp³-hybridized carbons (Fsp3) is 0.480. The molecule has 0 spiro atoms. The molecule has 36 heavy (non-hydrogen) atoms. The number of nitrogens with one attached hydrogen (secondary N) is 3. The number of aromatic nitrogens is 5. The van der Waals surface area contributed by atoms with Crippen LogP contribution >= 0.6 is 11.8 Å². The zero-order valence-corrected chi connectivity index (χ0v) is 22.6. The topological polar surface area (TPSA) is 115 Å². The number of rotatable bonds is 7. The third kappa shape index (κ3) is 6.73. The van der Waals surface area contributed by atoms with Crippen LogP contribution in [-0.2, 0) is 5.41 Å². The molecule has 1 amide bonds. The quantitative estimate of drug-likeness (QED) is 0.439. The zero-order valence-electron chi connectivity index (χ0n) is 21.8. The lowest BCUT2D eigenvalue weighted by Crippen LogP contribution is -2.45. The molecule has 11 heteroatoms. The Hall–Kier alpha value is -3.18. The summed E-state index contributed by atoms with van der Waals surface area (Å²) < 4.78 is 0. The van der Waals surface area contributed by atoms with Gasteiger partial charge in [0.25, 0.3) is 5.91 Å². The number of benzene rings is 1. The Morgan fingerprint density at radius 2 is 1.75 bits per heavy atom. The highest BCUT2D eigenvalue weighted by Crippen LogP contribution is 2.29. The number of aromatic amines is 1. The first kappa shape index (κ1) is 25.9. The lowest BCUT2D eigenvalue weighted by molar-refractivity contribution is 0.0943. The summed E-state index contributed by atoms with van der Waals surface area (Å²) in [4.78, 5) is 31.8. The summed E-state index contributed by atoms with van der Waals surface area (Å²) in [7, 11) is 2.12. The van der Waals surface area contributed by atoms with Crippen LogP contribution in [0.1, 0.15) is 50.7 Å². The molecule has 1 fully saturated rings. The minimum atomic E-state index is -0.0841. The summed E-state index contributed by atoms with van der Waals surface area (Å²) >= 11 is 1.44. The van der Waals surface area contributed by atoms with E-state index in [2.05, 4.69) is 63.4 Å². The molecule has 1 aromatic carbocycles. The fourth-order valence-corrected chi connectivity index (χ4v) is 4.35. The summed E-state index contributed by atoms with van der Waals surface area (Å²) in [6.45, 7) is 13.9. The molecule has 1 aliphatic heterocycles. The molecule has 1 saturated heterocycles. The van der Waals surface area contributed by atoms with Crippen LogP contribution in [0.25, 0.3) is 0 Å². The monoisotopic (exact) mass is 509 g/mol. The molecule has 0 bridgehead atoms. The maximum atomic E-state index is 12.3. The molecule has 0 unspecified atom stereocenters. The Bertz CT molecular complexity index is 1180. The van der Waals surface area contributed by atoms with Crippen molar-refractivity contribution in [2.24, 2.45) is 0 Å². The van der Waals surface area contributed by atoms with Crippen molar-refractivity contribution in [3.8, 4) is 0 Å². The van der Waals surface area contributed by atoms with Gasteiger partial charge >= 0.3 is 0 Å². The standard InChI is InChI=1S/C25H35N9OS/c1-16(2)26-21(35)17-7-9-18(10-8-17)36-24-29-22(27-20-15-19(31-32-20)25(3,4)5)28-23(30-24)34-13-11-33(6)12-14-34/h7-10,15-16H,11-14H2,1-6H3,(H,26,35)(H2,27,28,29,30,31,32). The van der Waals surface area contributed by atoms with Gasteiger partial charge in [0, 0.05) is 59.9 Å². The lowest BCUT2D eigenvalue weighted by Gasteiger charge is -2.32. The fourth-order valence-electron chi connectivity index (χ4n) is 3.61. The Kier molecular flexibility index (Phi) is 7.79. The number of hydrogen-bond acceptors (Lipinski definition) is 9. The number of piperazine rings is 1. The van der Waals surface area contributed by atoms with Gasteiger partial charge in [0.05, 0.1) is 0 Å². The summed E-state index contributed by atoms with van der Waals surface area (Å²) in [6.07, 6.45) is 0. The first-order chi connectivity index (χ1) is 17.1. The Morgan fingerprint density at radius 3 is 2.36 bits per heavy atom. The van der Waals surface area contributed by atoms with E-state index in [-0.39, 0.29) is 17.4 Å². The number of carbonyl (C=O) groups is 1. The SMILES string of the molecule is CC(C)NC(=O)c1ccc(Sc2nc(Nc3cc(C(C)(C)C)[nH]n3)nc(N3CCN(C)CC3)n2)cc1. The second-order valence-electron chi connectivity index (χ2n) is 10.3. The first-order valence-electron chi connectivity index (χ1n) is 12.2. The molecule has 0 saturated carbocycles. The number of amides is 1. The smallest absolute Gasteiger partial charge is 0.251 e. The van der Waals surface area contributed by atoms with Crippen LogP contribution in [0.3, 0.4) is 0 Å². The molecule has 0 atom stereocenters. The summed E-state index contributed by atoms with van der Waals surface area (Å²) in [5, 5.41) is 14.2. The van der Waals surface area contributed by atoms with E-state index >= 15 is 0 Å². The molecular weight excluding hydrogens is 474 g/mol. The van der Waals surface area contributed by atoms with Gasteiger partial charge < -0.3 is 20.4 Å². The van der Waals surface area contributed by atoms with Crippen molar-refractivity contribution in [1.29, 1.82) is 0 Å². The Labute approximate surface area is 216 Å². The van der Waals surface area contributed by atoms with Crippen molar-refractivity contribution < 1.29 is 4.79 Å². The molecule has 4 rings (SSSR count). The van der Waals surface area contributed by atoms with Crippen molar-refractivity contribution in [2.75, 3.05) is 43.4 Å². The van der Waals surface area contributed by atoms with Crippen molar-refractivity contribution >= 4 is 35.4 Å². The third-order valence-corrected chi connectivity index (χ3v) is 6.63. The summed E-state index contributed by atoms with van der Waals surface area (Å²) in [5.74, 6) is 1.66. The van der Waals surface area contributed by atoms with Gasteiger partial charge in [-0.2, -0.15) is 20.1 Å². The number of H-pyrrole nitrogens is 1. The van der Waals surface area contributed by atoms with E-state index in [4.69, 9.17) is 9.97 Å². The predicted molar refractivity (Wildman–Crippen MR) is 143 cm³/mol. The molecule has 0 aliphatic carbocycles. The average molecular weight is 510 g/mol. The molecule has 1 aliphatic rings. The zero-order chi connectivity index (χ0) is 25.9. The van der Waals surface area contributed by atoms with Crippen molar-refractivity contribution in [3.05, 3.63) is 41.6 Å². The van der Waals surface area contributed by atoms with Crippen LogP contribution in [-0.4, -0.2) is 75.2 Å². The number of anilines is 3. The van der Waals surface area contributed by atoms with Crippen LogP contribution in [0.4, 0.5) is 17.7 Å². The molecule has 3 aromatic rings. The van der Waals surface area contributed by atoms with E-state index < -0.39 is 0 Å². The van der Waals surface area contributed by atoms with Crippen LogP contribution in [0.5, 0.6) is 0 Å². The van der Waals surface area contributed by atoms with E-state index in [0.29, 0.717) is 28.4 Å². The maximum absolute atomic E-state index is 12.3. The highest BCUT2D eigenvalue weighted by Gasteiger charge is 2.21. The molecular formula is C25H35N9OS. The Balaban J connectivity index is 1.57. The molecule has 0 radical (unpaired) electrons. The predicted octanol–water partition coefficient (Wildman–Crippen LogP) is 3.68. The van der Waals surface area contributed by atoms with Crippen molar-refractivity contribution in [3.63, 3.8) is 0 Å². The van der Waals surface area contributed by atoms with Gasteiger partial charge in [0.1, 0.15) is 0 Å². The molecule has 2 aromatic heterocycles. The van der Waals surface area contributed by atoms with Crippen molar-refractivity contribution in [1.82, 2.24) is 35.4 Å². The highest BCUT2D eigenvalue weighted by molar-refractivity contribution is 7.99. The van der Waals surface area contributed by atoms with E-state index in [9.17, 15) is 4.79 Å². The second-order valence-corrected chi connectivity index (χ2v) is 11.4. The number of nitrogens with zero attached hydrogens (tertiary/aromatic N) is 6. The van der Waals surface area contributed by atoms with Gasteiger partial charge in [0.15, 0.2) is 11.0 Å². The third-order valence-electron chi connectivity index (χ3n) is 5.76. The molecule has 10 nitrogen and oxygen atoms in total. The van der Waals surface area contributed by atoms with E-state index in [0.717, 1.165) is 36.8 Å². The van der Waals surface area contributed by atoms with Gasteiger partial charge in [-0.1, -0.05) is 20.8 Å². The van der Waals surface area contributed by atoms with Gasteiger partial charge in [0.2, 0.25) is 11.9 Å². The second kappa shape index (κ2) is 10.8. The molecule has 192 valence electrons. The number of carbonyl (C=O) groups excluding carboxylic acids is 1. The Morgan fingerprint density at radius 1 is 1.06 bits per heavy atom. The first-order valence-corrected chi connectivity index (χ1v) is 13.0. The summed E-state index contributed by atoms with van der Waals surface area (Å²) in [6, 6.07) is 9.53. The van der Waals surface area contributed by atoms with Crippen LogP contribution < -0.4 is 15.5 Å². The van der Waals surface area contributed by atoms with Gasteiger partial charge in [-0.3, -0.25) is 9.89 Å². The van der Waals surface area contributed by atoms with Crippen LogP contribution in [0.15, 0.2) is 40.4 Å². The van der Waals surface area contributed by atoms with E-state index in [1.807, 2.05) is 44.2 Å². The van der Waals surface area contributed by atoms with Gasteiger partial charge in [-0.25, -0.2) is 0 Å². The van der Waals surface area contributed by atoms with Crippen molar-refractivity contribution in [2.45, 2.75) is 56.1 Å². The molecule has 3 heterocycles.